The van der Waals surface area contributed by atoms with Crippen molar-refractivity contribution in [2.75, 3.05) is 14.1 Å². The fourth-order valence-electron chi connectivity index (χ4n) is 1.62. The van der Waals surface area contributed by atoms with E-state index in [9.17, 15) is 0 Å². The summed E-state index contributed by atoms with van der Waals surface area (Å²) < 4.78 is 0. The van der Waals surface area contributed by atoms with Gasteiger partial charge in [0.2, 0.25) is 0 Å². The van der Waals surface area contributed by atoms with E-state index in [1.54, 1.807) is 0 Å². The Balaban J connectivity index is 3.80. The first-order valence-corrected chi connectivity index (χ1v) is 4.87. The van der Waals surface area contributed by atoms with Crippen LogP contribution in [0.2, 0.25) is 0 Å². The molecule has 0 saturated heterocycles. The van der Waals surface area contributed by atoms with Crippen LogP contribution in [0.15, 0.2) is 0 Å². The van der Waals surface area contributed by atoms with Crippen molar-refractivity contribution in [3.8, 4) is 0 Å². The minimum absolute atomic E-state index is 0.339. The van der Waals surface area contributed by atoms with Gasteiger partial charge in [0, 0.05) is 12.1 Å². The highest BCUT2D eigenvalue weighted by Crippen LogP contribution is 2.14. The highest BCUT2D eigenvalue weighted by molar-refractivity contribution is 4.71. The number of nitrogens with two attached hydrogens (primary N) is 1. The van der Waals surface area contributed by atoms with Gasteiger partial charge >= 0.3 is 0 Å². The third-order valence-corrected chi connectivity index (χ3v) is 2.35. The lowest BCUT2D eigenvalue weighted by Gasteiger charge is -2.28. The lowest BCUT2D eigenvalue weighted by molar-refractivity contribution is 0.212. The van der Waals surface area contributed by atoms with E-state index in [2.05, 4.69) is 39.8 Å². The molecule has 0 saturated carbocycles. The maximum absolute atomic E-state index is 5.72. The molecule has 0 aromatic carbocycles. The summed E-state index contributed by atoms with van der Waals surface area (Å²) in [5, 5.41) is 0. The van der Waals surface area contributed by atoms with Gasteiger partial charge in [-0.15, -0.1) is 0 Å². The van der Waals surface area contributed by atoms with Crippen molar-refractivity contribution >= 4 is 0 Å². The summed E-state index contributed by atoms with van der Waals surface area (Å²) in [5.41, 5.74) is 5.72. The largest absolute Gasteiger partial charge is 0.328 e. The van der Waals surface area contributed by atoms with Gasteiger partial charge in [-0.05, 0) is 39.8 Å². The Labute approximate surface area is 77.1 Å². The molecule has 2 atom stereocenters. The van der Waals surface area contributed by atoms with Crippen LogP contribution in [0.5, 0.6) is 0 Å². The minimum atomic E-state index is 0.339. The number of rotatable bonds is 5. The van der Waals surface area contributed by atoms with E-state index in [0.29, 0.717) is 12.1 Å². The monoisotopic (exact) mass is 172 g/mol. The van der Waals surface area contributed by atoms with E-state index < -0.39 is 0 Å². The minimum Gasteiger partial charge on any atom is -0.328 e. The van der Waals surface area contributed by atoms with E-state index >= 15 is 0 Å². The molecule has 12 heavy (non-hydrogen) atoms. The first-order chi connectivity index (χ1) is 5.45. The van der Waals surface area contributed by atoms with E-state index in [1.165, 1.54) is 6.42 Å². The maximum atomic E-state index is 5.72. The average Bonchev–Trinajstić information content (AvgIpc) is 1.84. The summed E-state index contributed by atoms with van der Waals surface area (Å²) in [6, 6.07) is 1.02. The molecule has 0 spiro atoms. The van der Waals surface area contributed by atoms with Crippen LogP contribution < -0.4 is 5.73 Å². The predicted molar refractivity (Wildman–Crippen MR) is 55.2 cm³/mol. The van der Waals surface area contributed by atoms with Crippen molar-refractivity contribution < 1.29 is 0 Å². The second-order valence-corrected chi connectivity index (χ2v) is 4.33. The van der Waals surface area contributed by atoms with Crippen LogP contribution in [0.4, 0.5) is 0 Å². The van der Waals surface area contributed by atoms with E-state index in [0.717, 1.165) is 12.3 Å². The molecule has 0 rings (SSSR count). The molecule has 0 fully saturated rings. The van der Waals surface area contributed by atoms with Crippen molar-refractivity contribution in [3.05, 3.63) is 0 Å². The number of nitrogens with zero attached hydrogens (tertiary/aromatic N) is 1. The van der Waals surface area contributed by atoms with Crippen LogP contribution in [-0.4, -0.2) is 31.1 Å². The van der Waals surface area contributed by atoms with Crippen LogP contribution in [0.1, 0.15) is 33.6 Å². The predicted octanol–water partition coefficient (Wildman–Crippen LogP) is 1.70. The first-order valence-electron chi connectivity index (χ1n) is 4.87. The lowest BCUT2D eigenvalue weighted by atomic mass is 9.96. The highest BCUT2D eigenvalue weighted by Gasteiger charge is 2.15. The second-order valence-electron chi connectivity index (χ2n) is 4.33. The fourth-order valence-corrected chi connectivity index (χ4v) is 1.62. The summed E-state index contributed by atoms with van der Waals surface area (Å²) in [6.45, 7) is 6.62. The molecule has 0 heterocycles. The Morgan fingerprint density at radius 2 is 1.58 bits per heavy atom. The van der Waals surface area contributed by atoms with Crippen molar-refractivity contribution in [1.82, 2.24) is 4.90 Å². The molecule has 0 aliphatic rings. The zero-order chi connectivity index (χ0) is 9.72. The molecule has 0 aromatic heterocycles. The van der Waals surface area contributed by atoms with Crippen LogP contribution in [0.25, 0.3) is 0 Å². The van der Waals surface area contributed by atoms with Crippen molar-refractivity contribution in [2.24, 2.45) is 11.7 Å². The molecule has 0 aliphatic carbocycles. The lowest BCUT2D eigenvalue weighted by Crippen LogP contribution is -2.34. The topological polar surface area (TPSA) is 29.3 Å². The zero-order valence-electron chi connectivity index (χ0n) is 9.17. The summed E-state index contributed by atoms with van der Waals surface area (Å²) in [5.74, 6) is 0.721. The van der Waals surface area contributed by atoms with Gasteiger partial charge in [-0.3, -0.25) is 0 Å². The van der Waals surface area contributed by atoms with Gasteiger partial charge in [0.25, 0.3) is 0 Å². The zero-order valence-corrected chi connectivity index (χ0v) is 9.17. The Kier molecular flexibility index (Phi) is 5.51. The molecular formula is C10H24N2. The number of hydrogen-bond acceptors (Lipinski definition) is 2. The smallest absolute Gasteiger partial charge is 0.0113 e. The van der Waals surface area contributed by atoms with Crippen molar-refractivity contribution in [1.29, 1.82) is 0 Å². The number of hydrogen-bond donors (Lipinski definition) is 1. The van der Waals surface area contributed by atoms with Gasteiger partial charge in [-0.2, -0.15) is 0 Å². The van der Waals surface area contributed by atoms with Crippen LogP contribution in [-0.2, 0) is 0 Å². The third kappa shape index (κ3) is 4.73. The molecule has 0 amide bonds. The van der Waals surface area contributed by atoms with Crippen molar-refractivity contribution in [2.45, 2.75) is 45.7 Å². The quantitative estimate of drug-likeness (QED) is 0.684. The standard InChI is InChI=1S/C10H24N2/c1-8(2)10(12(4)5)7-6-9(3)11/h8-10H,6-7,11H2,1-5H3. The second kappa shape index (κ2) is 5.55. The molecule has 0 aliphatic heterocycles. The Morgan fingerprint density at radius 3 is 1.83 bits per heavy atom. The molecule has 2 heteroatoms. The van der Waals surface area contributed by atoms with E-state index in [-0.39, 0.29) is 0 Å². The average molecular weight is 172 g/mol. The fraction of sp³-hybridized carbons (Fsp3) is 1.00. The highest BCUT2D eigenvalue weighted by atomic mass is 15.1. The van der Waals surface area contributed by atoms with Gasteiger partial charge in [-0.25, -0.2) is 0 Å². The summed E-state index contributed by atoms with van der Waals surface area (Å²) in [4.78, 5) is 2.30. The molecular weight excluding hydrogens is 148 g/mol. The van der Waals surface area contributed by atoms with Crippen LogP contribution in [0, 0.1) is 5.92 Å². The van der Waals surface area contributed by atoms with Gasteiger partial charge in [0.05, 0.1) is 0 Å². The van der Waals surface area contributed by atoms with Crippen molar-refractivity contribution in [3.63, 3.8) is 0 Å². The SMILES string of the molecule is CC(N)CCC(C(C)C)N(C)C. The van der Waals surface area contributed by atoms with Crippen LogP contribution in [0.3, 0.4) is 0 Å². The Hall–Kier alpha value is -0.0800. The van der Waals surface area contributed by atoms with Crippen LogP contribution >= 0.6 is 0 Å². The van der Waals surface area contributed by atoms with E-state index in [1.807, 2.05) is 0 Å². The molecule has 0 bridgehead atoms. The summed E-state index contributed by atoms with van der Waals surface area (Å²) in [7, 11) is 4.29. The van der Waals surface area contributed by atoms with Gasteiger partial charge in [0.15, 0.2) is 0 Å². The van der Waals surface area contributed by atoms with Gasteiger partial charge in [0.1, 0.15) is 0 Å². The summed E-state index contributed by atoms with van der Waals surface area (Å²) >= 11 is 0. The maximum Gasteiger partial charge on any atom is 0.0113 e. The summed E-state index contributed by atoms with van der Waals surface area (Å²) in [6.07, 6.45) is 2.34. The normalized spacial score (nSPS) is 17.0. The molecule has 74 valence electrons. The molecule has 2 N–H and O–H groups in total. The molecule has 2 unspecified atom stereocenters. The first kappa shape index (κ1) is 11.9. The molecule has 2 nitrogen and oxygen atoms in total. The third-order valence-electron chi connectivity index (χ3n) is 2.35. The van der Waals surface area contributed by atoms with Gasteiger partial charge < -0.3 is 10.6 Å². The molecule has 0 aromatic rings. The van der Waals surface area contributed by atoms with Gasteiger partial charge in [-0.1, -0.05) is 13.8 Å². The molecule has 0 radical (unpaired) electrons. The Morgan fingerprint density at radius 1 is 1.08 bits per heavy atom. The Bertz CT molecular complexity index is 100. The van der Waals surface area contributed by atoms with E-state index in [4.69, 9.17) is 5.73 Å².